The van der Waals surface area contributed by atoms with Crippen molar-refractivity contribution in [1.82, 2.24) is 0 Å². The summed E-state index contributed by atoms with van der Waals surface area (Å²) < 4.78 is 20.0. The minimum Gasteiger partial charge on any atom is -0.460 e. The topological polar surface area (TPSA) is 71.1 Å². The maximum atomic E-state index is 11.1. The number of carbonyl (C=O) groups is 2. The average molecular weight is 232 g/mol. The van der Waals surface area contributed by atoms with Gasteiger partial charge in [-0.2, -0.15) is 0 Å². The molecule has 0 saturated carbocycles. The van der Waals surface area contributed by atoms with Crippen LogP contribution >= 0.6 is 0 Å². The highest BCUT2D eigenvalue weighted by Gasteiger charge is 2.29. The molecule has 0 aromatic heterocycles. The predicted molar refractivity (Wildman–Crippen MR) is 52.2 cm³/mol. The monoisotopic (exact) mass is 232 g/mol. The molecule has 92 valence electrons. The third-order valence-electron chi connectivity index (χ3n) is 1.85. The van der Waals surface area contributed by atoms with E-state index in [2.05, 4.69) is 0 Å². The van der Waals surface area contributed by atoms with Crippen molar-refractivity contribution < 1.29 is 28.5 Å². The highest BCUT2D eigenvalue weighted by Crippen LogP contribution is 2.13. The first-order valence-corrected chi connectivity index (χ1v) is 5.10. The Labute approximate surface area is 93.8 Å². The first-order valence-electron chi connectivity index (χ1n) is 5.10. The Morgan fingerprint density at radius 2 is 2.12 bits per heavy atom. The molecule has 0 unspecified atom stereocenters. The van der Waals surface area contributed by atoms with Crippen molar-refractivity contribution in [2.45, 2.75) is 33.4 Å². The maximum absolute atomic E-state index is 11.1. The minimum absolute atomic E-state index is 0.00871. The van der Waals surface area contributed by atoms with Crippen molar-refractivity contribution in [1.29, 1.82) is 0 Å². The molecular weight excluding hydrogens is 216 g/mol. The summed E-state index contributed by atoms with van der Waals surface area (Å²) in [5.74, 6) is -0.942. The van der Waals surface area contributed by atoms with Crippen LogP contribution in [0, 0.1) is 5.92 Å². The number of rotatable bonds is 4. The van der Waals surface area contributed by atoms with Crippen molar-refractivity contribution in [2.24, 2.45) is 5.92 Å². The summed E-state index contributed by atoms with van der Waals surface area (Å²) in [5.41, 5.74) is 0. The molecule has 0 aliphatic carbocycles. The number of carbonyl (C=O) groups excluding carboxylic acids is 2. The molecule has 1 rings (SSSR count). The molecule has 0 aromatic carbocycles. The van der Waals surface area contributed by atoms with Gasteiger partial charge in [0.25, 0.3) is 0 Å². The molecule has 0 spiro atoms. The zero-order valence-corrected chi connectivity index (χ0v) is 9.60. The van der Waals surface area contributed by atoms with E-state index in [0.29, 0.717) is 0 Å². The van der Waals surface area contributed by atoms with Crippen LogP contribution in [0.2, 0.25) is 0 Å². The van der Waals surface area contributed by atoms with Crippen molar-refractivity contribution in [3.8, 4) is 0 Å². The second-order valence-electron chi connectivity index (χ2n) is 3.72. The Morgan fingerprint density at radius 1 is 1.44 bits per heavy atom. The molecule has 0 radical (unpaired) electrons. The zero-order valence-electron chi connectivity index (χ0n) is 9.60. The van der Waals surface area contributed by atoms with Gasteiger partial charge in [0.2, 0.25) is 6.29 Å². The summed E-state index contributed by atoms with van der Waals surface area (Å²) >= 11 is 0. The Kier molecular flexibility index (Phi) is 4.70. The molecule has 0 aromatic rings. The van der Waals surface area contributed by atoms with E-state index in [4.69, 9.17) is 18.9 Å². The molecule has 1 fully saturated rings. The van der Waals surface area contributed by atoms with Crippen molar-refractivity contribution in [3.63, 3.8) is 0 Å². The summed E-state index contributed by atoms with van der Waals surface area (Å²) in [6, 6.07) is 0. The van der Waals surface area contributed by atoms with E-state index in [0.717, 1.165) is 0 Å². The second kappa shape index (κ2) is 5.81. The third kappa shape index (κ3) is 4.16. The molecule has 1 heterocycles. The second-order valence-corrected chi connectivity index (χ2v) is 3.72. The summed E-state index contributed by atoms with van der Waals surface area (Å²) in [5, 5.41) is 0. The lowest BCUT2D eigenvalue weighted by molar-refractivity contribution is -0.184. The van der Waals surface area contributed by atoms with Gasteiger partial charge in [0.1, 0.15) is 13.2 Å². The molecule has 2 atom stereocenters. The van der Waals surface area contributed by atoms with E-state index >= 15 is 0 Å². The molecule has 1 aliphatic heterocycles. The summed E-state index contributed by atoms with van der Waals surface area (Å²) in [6.45, 7) is 4.93. The Hall–Kier alpha value is -1.14. The molecule has 1 aliphatic rings. The van der Waals surface area contributed by atoms with Gasteiger partial charge in [-0.25, -0.2) is 0 Å². The Balaban J connectivity index is 2.21. The average Bonchev–Trinajstić information content (AvgIpc) is 2.60. The van der Waals surface area contributed by atoms with Gasteiger partial charge in [-0.05, 0) is 0 Å². The Bertz CT molecular complexity index is 262. The highest BCUT2D eigenvalue weighted by molar-refractivity contribution is 5.71. The van der Waals surface area contributed by atoms with Crippen LogP contribution in [0.4, 0.5) is 0 Å². The number of hydrogen-bond acceptors (Lipinski definition) is 6. The first kappa shape index (κ1) is 12.9. The fraction of sp³-hybridized carbons (Fsp3) is 0.800. The van der Waals surface area contributed by atoms with Crippen molar-refractivity contribution in [3.05, 3.63) is 0 Å². The molecule has 0 amide bonds. The van der Waals surface area contributed by atoms with Crippen LogP contribution in [0.3, 0.4) is 0 Å². The lowest BCUT2D eigenvalue weighted by atomic mass is 10.2. The first-order chi connectivity index (χ1) is 7.49. The van der Waals surface area contributed by atoms with Crippen molar-refractivity contribution >= 4 is 11.9 Å². The van der Waals surface area contributed by atoms with Gasteiger partial charge in [-0.3, -0.25) is 9.59 Å². The number of hydrogen-bond donors (Lipinski definition) is 0. The molecule has 6 nitrogen and oxygen atoms in total. The van der Waals surface area contributed by atoms with Crippen LogP contribution in [0.1, 0.15) is 20.8 Å². The van der Waals surface area contributed by atoms with Crippen LogP contribution in [-0.2, 0) is 28.5 Å². The lowest BCUT2D eigenvalue weighted by Crippen LogP contribution is -2.24. The van der Waals surface area contributed by atoms with Crippen LogP contribution in [0.25, 0.3) is 0 Å². The van der Waals surface area contributed by atoms with E-state index < -0.39 is 18.5 Å². The van der Waals surface area contributed by atoms with Gasteiger partial charge >= 0.3 is 11.9 Å². The number of esters is 2. The Morgan fingerprint density at radius 3 is 2.69 bits per heavy atom. The van der Waals surface area contributed by atoms with Gasteiger partial charge in [-0.15, -0.1) is 0 Å². The molecular formula is C10H16O6. The molecule has 1 saturated heterocycles. The van der Waals surface area contributed by atoms with Gasteiger partial charge in [0, 0.05) is 6.92 Å². The van der Waals surface area contributed by atoms with E-state index in [9.17, 15) is 9.59 Å². The highest BCUT2D eigenvalue weighted by atomic mass is 16.8. The van der Waals surface area contributed by atoms with Crippen LogP contribution in [0.5, 0.6) is 0 Å². The third-order valence-corrected chi connectivity index (χ3v) is 1.85. The van der Waals surface area contributed by atoms with E-state index in [1.54, 1.807) is 13.8 Å². The largest absolute Gasteiger partial charge is 0.460 e. The van der Waals surface area contributed by atoms with E-state index in [-0.39, 0.29) is 25.1 Å². The molecule has 6 heteroatoms. The van der Waals surface area contributed by atoms with Gasteiger partial charge in [-0.1, -0.05) is 13.8 Å². The van der Waals surface area contributed by atoms with Gasteiger partial charge < -0.3 is 18.9 Å². The summed E-state index contributed by atoms with van der Waals surface area (Å²) in [6.07, 6.45) is -1.37. The molecule has 0 bridgehead atoms. The van der Waals surface area contributed by atoms with Gasteiger partial charge in [0.05, 0.1) is 5.92 Å². The SMILES string of the molecule is CC(=O)O[C@H]1CO[C@@H](COC(=O)C(C)C)O1. The fourth-order valence-corrected chi connectivity index (χ4v) is 1.08. The standard InChI is InChI=1S/C10H16O6/c1-6(2)10(12)14-4-8-13-5-9(16-8)15-7(3)11/h6,8-9H,4-5H2,1-3H3/t8-,9-/m1/s1. The fourth-order valence-electron chi connectivity index (χ4n) is 1.08. The maximum Gasteiger partial charge on any atom is 0.308 e. The van der Waals surface area contributed by atoms with E-state index in [1.165, 1.54) is 6.92 Å². The number of ether oxygens (including phenoxy) is 4. The normalized spacial score (nSPS) is 24.5. The smallest absolute Gasteiger partial charge is 0.308 e. The molecule has 0 N–H and O–H groups in total. The zero-order chi connectivity index (χ0) is 12.1. The predicted octanol–water partition coefficient (Wildman–Crippen LogP) is 0.448. The summed E-state index contributed by atoms with van der Waals surface area (Å²) in [7, 11) is 0. The minimum atomic E-state index is -0.708. The summed E-state index contributed by atoms with van der Waals surface area (Å²) in [4.78, 5) is 21.8. The molecule has 16 heavy (non-hydrogen) atoms. The van der Waals surface area contributed by atoms with Crippen LogP contribution < -0.4 is 0 Å². The van der Waals surface area contributed by atoms with Crippen molar-refractivity contribution in [2.75, 3.05) is 13.2 Å². The lowest BCUT2D eigenvalue weighted by Gasteiger charge is -2.12. The quantitative estimate of drug-likeness (QED) is 0.655. The van der Waals surface area contributed by atoms with Crippen LogP contribution in [-0.4, -0.2) is 37.7 Å². The van der Waals surface area contributed by atoms with E-state index in [1.807, 2.05) is 0 Å². The van der Waals surface area contributed by atoms with Gasteiger partial charge in [0.15, 0.2) is 6.29 Å². The van der Waals surface area contributed by atoms with Crippen LogP contribution in [0.15, 0.2) is 0 Å².